The van der Waals surface area contributed by atoms with Crippen LogP contribution in [0.4, 0.5) is 0 Å². The normalized spacial score (nSPS) is 12.7. The van der Waals surface area contributed by atoms with Crippen LogP contribution in [0, 0.1) is 5.41 Å². The maximum atomic E-state index is 10.2. The number of nitrogens with one attached hydrogen (secondary N) is 2. The average Bonchev–Trinajstić information content (AvgIpc) is 2.56. The summed E-state index contributed by atoms with van der Waals surface area (Å²) >= 11 is 0. The first-order chi connectivity index (χ1) is 14.3. The number of hydrogen-bond donors (Lipinski definition) is 9. The number of aliphatic carboxylic acids is 2. The fraction of sp³-hybridized carbons (Fsp3) is 0.778. The molecule has 192 valence electrons. The van der Waals surface area contributed by atoms with Crippen LogP contribution < -0.4 is 27.6 Å². The van der Waals surface area contributed by atoms with Gasteiger partial charge in [0.2, 0.25) is 5.91 Å². The summed E-state index contributed by atoms with van der Waals surface area (Å²) in [5.41, 5.74) is 14.7. The zero-order chi connectivity index (χ0) is 26.5. The zero-order valence-electron chi connectivity index (χ0n) is 19.6. The highest BCUT2D eigenvalue weighted by molar-refractivity contribution is 5.74. The van der Waals surface area contributed by atoms with E-state index in [1.165, 1.54) is 13.8 Å². The van der Waals surface area contributed by atoms with Crippen molar-refractivity contribution in [2.45, 2.75) is 51.4 Å². The molecule has 3 atom stereocenters. The van der Waals surface area contributed by atoms with E-state index in [0.717, 1.165) is 0 Å². The van der Waals surface area contributed by atoms with Gasteiger partial charge in [-0.05, 0) is 19.8 Å². The van der Waals surface area contributed by atoms with Crippen LogP contribution in [0.3, 0.4) is 0 Å². The van der Waals surface area contributed by atoms with Crippen molar-refractivity contribution in [3.8, 4) is 0 Å². The van der Waals surface area contributed by atoms with Crippen molar-refractivity contribution in [3.05, 3.63) is 0 Å². The molecule has 0 spiro atoms. The van der Waals surface area contributed by atoms with Crippen molar-refractivity contribution < 1.29 is 44.4 Å². The number of hydrogen-bond acceptors (Lipinski definition) is 9. The summed E-state index contributed by atoms with van der Waals surface area (Å²) in [6.07, 6.45) is -0.673. The van der Waals surface area contributed by atoms with Crippen molar-refractivity contribution in [1.29, 1.82) is 5.41 Å². The molecule has 0 aliphatic carbocycles. The lowest BCUT2D eigenvalue weighted by Gasteiger charge is -2.26. The number of nitrogens with two attached hydrogens (primary N) is 3. The Morgan fingerprint density at radius 2 is 1.56 bits per heavy atom. The summed E-state index contributed by atoms with van der Waals surface area (Å²) < 4.78 is 0.550. The molecule has 0 heterocycles. The molecular weight excluding hydrogens is 428 g/mol. The zero-order valence-corrected chi connectivity index (χ0v) is 19.6. The Morgan fingerprint density at radius 1 is 1.16 bits per heavy atom. The number of amides is 1. The number of likely N-dealkylation sites (N-methyl/N-ethyl adjacent to an activating group) is 1. The van der Waals surface area contributed by atoms with Gasteiger partial charge in [0.15, 0.2) is 5.96 Å². The molecule has 32 heavy (non-hydrogen) atoms. The van der Waals surface area contributed by atoms with E-state index < -0.39 is 30.2 Å². The smallest absolute Gasteiger partial charge is 0.320 e. The van der Waals surface area contributed by atoms with E-state index in [0.29, 0.717) is 30.4 Å². The first-order valence-electron chi connectivity index (χ1n) is 9.65. The van der Waals surface area contributed by atoms with Crippen molar-refractivity contribution >= 4 is 23.8 Å². The maximum Gasteiger partial charge on any atom is 0.320 e. The van der Waals surface area contributed by atoms with Gasteiger partial charge in [-0.25, -0.2) is 0 Å². The van der Waals surface area contributed by atoms with E-state index in [2.05, 4.69) is 11.1 Å². The Labute approximate surface area is 189 Å². The second kappa shape index (κ2) is 21.7. The minimum atomic E-state index is -1.20. The van der Waals surface area contributed by atoms with Gasteiger partial charge in [0.1, 0.15) is 18.7 Å². The fourth-order valence-corrected chi connectivity index (χ4v) is 1.56. The van der Waals surface area contributed by atoms with Gasteiger partial charge in [-0.3, -0.25) is 15.0 Å². The number of guanidine groups is 1. The Bertz CT molecular complexity index is 522. The molecule has 0 fully saturated rings. The summed E-state index contributed by atoms with van der Waals surface area (Å²) in [5.74, 6) is -2.65. The lowest BCUT2D eigenvalue weighted by Crippen LogP contribution is -2.43. The summed E-state index contributed by atoms with van der Waals surface area (Å²) in [6.45, 7) is 3.60. The van der Waals surface area contributed by atoms with E-state index in [4.69, 9.17) is 37.3 Å². The third-order valence-corrected chi connectivity index (χ3v) is 2.75. The van der Waals surface area contributed by atoms with Gasteiger partial charge in [0, 0.05) is 25.9 Å². The topological polar surface area (TPSA) is 269 Å². The summed E-state index contributed by atoms with van der Waals surface area (Å²) in [7, 11) is 5.66. The number of aliphatic hydroxyl groups excluding tert-OH is 3. The third kappa shape index (κ3) is 50.8. The molecule has 0 saturated carbocycles. The second-order valence-corrected chi connectivity index (χ2v) is 7.77. The van der Waals surface area contributed by atoms with E-state index in [-0.39, 0.29) is 24.9 Å². The Hall–Kier alpha value is -2.52. The van der Waals surface area contributed by atoms with Crippen LogP contribution in [-0.4, -0.2) is 108 Å². The molecule has 12 N–H and O–H groups in total. The average molecular weight is 471 g/mol. The minimum Gasteiger partial charge on any atom is -0.550 e. The maximum absolute atomic E-state index is 10.2. The molecule has 0 aliphatic rings. The molecule has 0 aromatic carbocycles. The van der Waals surface area contributed by atoms with Crippen molar-refractivity contribution in [1.82, 2.24) is 5.32 Å². The number of carbonyl (C=O) groups is 3. The van der Waals surface area contributed by atoms with Gasteiger partial charge in [-0.15, -0.1) is 0 Å². The number of rotatable bonds is 10. The van der Waals surface area contributed by atoms with Gasteiger partial charge in [-0.1, -0.05) is 0 Å². The number of carbonyl (C=O) groups excluding carboxylic acids is 2. The highest BCUT2D eigenvalue weighted by atomic mass is 16.4. The Morgan fingerprint density at radius 3 is 1.81 bits per heavy atom. The minimum absolute atomic E-state index is 0.112. The van der Waals surface area contributed by atoms with E-state index in [1.54, 1.807) is 0 Å². The quantitative estimate of drug-likeness (QED) is 0.0637. The molecular formula is C18H42N6O8. The number of carboxylic acids is 2. The second-order valence-electron chi connectivity index (χ2n) is 7.77. The first-order valence-corrected chi connectivity index (χ1v) is 9.65. The molecule has 0 radical (unpaired) electrons. The predicted molar refractivity (Wildman–Crippen MR) is 117 cm³/mol. The van der Waals surface area contributed by atoms with Gasteiger partial charge in [-0.2, -0.15) is 0 Å². The highest BCUT2D eigenvalue weighted by Crippen LogP contribution is 1.97. The van der Waals surface area contributed by atoms with Crippen LogP contribution in [0.25, 0.3) is 0 Å². The van der Waals surface area contributed by atoms with E-state index >= 15 is 0 Å². The molecule has 0 saturated heterocycles. The molecule has 0 aromatic heterocycles. The number of aliphatic hydroxyl groups is 3. The monoisotopic (exact) mass is 470 g/mol. The SMILES string of the molecule is CC(N)=O.CC(O)CO.C[N+](C)(C)CC(O)CC(=O)[O-].N=C(N)NCCCC(N)C(=O)O. The Balaban J connectivity index is -0.000000179. The highest BCUT2D eigenvalue weighted by Gasteiger charge is 2.14. The molecule has 0 bridgehead atoms. The van der Waals surface area contributed by atoms with E-state index in [1.807, 2.05) is 21.1 Å². The lowest BCUT2D eigenvalue weighted by molar-refractivity contribution is -0.873. The van der Waals surface area contributed by atoms with Crippen molar-refractivity contribution in [3.63, 3.8) is 0 Å². The van der Waals surface area contributed by atoms with Crippen molar-refractivity contribution in [2.24, 2.45) is 17.2 Å². The number of primary amides is 1. The number of carboxylic acid groups (broad SMARTS) is 2. The first kappa shape index (κ1) is 36.8. The molecule has 0 aliphatic heterocycles. The molecule has 14 heteroatoms. The third-order valence-electron chi connectivity index (χ3n) is 2.75. The van der Waals surface area contributed by atoms with Crippen LogP contribution in [0.1, 0.15) is 33.1 Å². The van der Waals surface area contributed by atoms with E-state index in [9.17, 15) is 19.5 Å². The molecule has 0 rings (SSSR count). The van der Waals surface area contributed by atoms with Crippen molar-refractivity contribution in [2.75, 3.05) is 40.8 Å². The Kier molecular flexibility index (Phi) is 25.0. The van der Waals surface area contributed by atoms with Gasteiger partial charge in [0.25, 0.3) is 0 Å². The number of nitrogens with zero attached hydrogens (tertiary/aromatic N) is 1. The number of quaternary nitrogens is 1. The van der Waals surface area contributed by atoms with Crippen LogP contribution in [0.5, 0.6) is 0 Å². The molecule has 3 unspecified atom stereocenters. The largest absolute Gasteiger partial charge is 0.550 e. The molecule has 14 nitrogen and oxygen atoms in total. The van der Waals surface area contributed by atoms with Gasteiger partial charge >= 0.3 is 5.97 Å². The van der Waals surface area contributed by atoms with Crippen LogP contribution in [-0.2, 0) is 14.4 Å². The fourth-order valence-electron chi connectivity index (χ4n) is 1.56. The van der Waals surface area contributed by atoms with Crippen LogP contribution in [0.15, 0.2) is 0 Å². The van der Waals surface area contributed by atoms with Gasteiger partial charge in [0.05, 0.1) is 33.9 Å². The van der Waals surface area contributed by atoms with Gasteiger partial charge < -0.3 is 57.3 Å². The van der Waals surface area contributed by atoms with Crippen LogP contribution in [0.2, 0.25) is 0 Å². The molecule has 1 amide bonds. The summed E-state index contributed by atoms with van der Waals surface area (Å²) in [5, 5.41) is 52.9. The summed E-state index contributed by atoms with van der Waals surface area (Å²) in [4.78, 5) is 29.5. The molecule has 0 aromatic rings. The standard InChI is InChI=1S/C7H15NO3.C6H14N4O2.C3H8O2.C2H5NO/c1-8(2,3)5-6(9)4-7(10)11;7-4(5(11)12)2-1-3-10-6(8)9;1-3(5)2-4;1-2(3)4/h6,9H,4-5H2,1-3H3;4H,1-3,7H2,(H,11,12)(H4,8,9,10);3-5H,2H2,1H3;1H3,(H2,3,4). The predicted octanol–water partition coefficient (Wildman–Crippen LogP) is -4.29. The lowest BCUT2D eigenvalue weighted by atomic mass is 10.2. The summed E-state index contributed by atoms with van der Waals surface area (Å²) in [6, 6.07) is -0.821. The van der Waals surface area contributed by atoms with Crippen LogP contribution >= 0.6 is 0 Å².